The average molecular weight is 416 g/mol. The molecule has 4 amide bonds. The molecule has 0 bridgehead atoms. The topological polar surface area (TPSA) is 102 Å². The van der Waals surface area contributed by atoms with Gasteiger partial charge in [0.2, 0.25) is 0 Å². The SMILES string of the molecule is Cc1ccc(NC(=O)Nc2ccccc2)cc1NC(=O)N[C@@H]1c2ccccc2C[C@@H]1O. The minimum absolute atomic E-state index is 0.379. The van der Waals surface area contributed by atoms with Gasteiger partial charge in [0.1, 0.15) is 0 Å². The van der Waals surface area contributed by atoms with Gasteiger partial charge in [-0.1, -0.05) is 48.5 Å². The van der Waals surface area contributed by atoms with E-state index in [4.69, 9.17) is 0 Å². The van der Waals surface area contributed by atoms with Crippen LogP contribution in [0.15, 0.2) is 72.8 Å². The van der Waals surface area contributed by atoms with E-state index in [1.807, 2.05) is 55.5 Å². The lowest BCUT2D eigenvalue weighted by Crippen LogP contribution is -2.37. The summed E-state index contributed by atoms with van der Waals surface area (Å²) in [5.74, 6) is 0. The summed E-state index contributed by atoms with van der Waals surface area (Å²) >= 11 is 0. The lowest BCUT2D eigenvalue weighted by molar-refractivity contribution is 0.144. The highest BCUT2D eigenvalue weighted by atomic mass is 16.3. The number of aryl methyl sites for hydroxylation is 1. The summed E-state index contributed by atoms with van der Waals surface area (Å²) < 4.78 is 0. The van der Waals surface area contributed by atoms with Gasteiger partial charge in [-0.15, -0.1) is 0 Å². The standard InChI is InChI=1S/C24H24N4O3/c1-15-11-12-18(26-23(30)25-17-8-3-2-4-9-17)14-20(15)27-24(31)28-22-19-10-6-5-7-16(19)13-21(22)29/h2-12,14,21-22,29H,13H2,1H3,(H2,25,26,30)(H2,27,28,31)/t21-,22+/m0/s1. The first-order chi connectivity index (χ1) is 15.0. The van der Waals surface area contributed by atoms with Crippen LogP contribution in [0.25, 0.3) is 0 Å². The van der Waals surface area contributed by atoms with Crippen LogP contribution in [-0.4, -0.2) is 23.3 Å². The van der Waals surface area contributed by atoms with Gasteiger partial charge in [0, 0.05) is 23.5 Å². The monoisotopic (exact) mass is 416 g/mol. The van der Waals surface area contributed by atoms with Crippen LogP contribution in [0.2, 0.25) is 0 Å². The van der Waals surface area contributed by atoms with E-state index in [2.05, 4.69) is 21.3 Å². The highest BCUT2D eigenvalue weighted by molar-refractivity contribution is 6.00. The second-order valence-corrected chi connectivity index (χ2v) is 7.52. The van der Waals surface area contributed by atoms with Gasteiger partial charge in [0.15, 0.2) is 0 Å². The summed E-state index contributed by atoms with van der Waals surface area (Å²) in [7, 11) is 0. The first kappa shape index (κ1) is 20.4. The van der Waals surface area contributed by atoms with Crippen molar-refractivity contribution in [3.8, 4) is 0 Å². The fraction of sp³-hybridized carbons (Fsp3) is 0.167. The molecule has 1 aliphatic rings. The molecule has 0 unspecified atom stereocenters. The third-order valence-corrected chi connectivity index (χ3v) is 5.27. The van der Waals surface area contributed by atoms with E-state index in [0.717, 1.165) is 16.7 Å². The molecule has 0 fully saturated rings. The molecular formula is C24H24N4O3. The fourth-order valence-electron chi connectivity index (χ4n) is 3.70. The number of rotatable bonds is 4. The number of hydrogen-bond donors (Lipinski definition) is 5. The van der Waals surface area contributed by atoms with Gasteiger partial charge < -0.3 is 26.4 Å². The number of para-hydroxylation sites is 1. The Morgan fingerprint density at radius 2 is 1.55 bits per heavy atom. The molecule has 7 nitrogen and oxygen atoms in total. The number of carbonyl (C=O) groups is 2. The van der Waals surface area contributed by atoms with E-state index in [9.17, 15) is 14.7 Å². The Morgan fingerprint density at radius 1 is 0.839 bits per heavy atom. The van der Waals surface area contributed by atoms with E-state index in [1.54, 1.807) is 24.3 Å². The van der Waals surface area contributed by atoms with Crippen LogP contribution < -0.4 is 21.3 Å². The van der Waals surface area contributed by atoms with E-state index in [-0.39, 0.29) is 6.03 Å². The highest BCUT2D eigenvalue weighted by Gasteiger charge is 2.31. The largest absolute Gasteiger partial charge is 0.390 e. The summed E-state index contributed by atoms with van der Waals surface area (Å²) in [6.07, 6.45) is -0.158. The van der Waals surface area contributed by atoms with Crippen molar-refractivity contribution < 1.29 is 14.7 Å². The molecule has 2 atom stereocenters. The van der Waals surface area contributed by atoms with Crippen molar-refractivity contribution in [1.29, 1.82) is 0 Å². The van der Waals surface area contributed by atoms with Crippen molar-refractivity contribution in [1.82, 2.24) is 5.32 Å². The number of urea groups is 2. The van der Waals surface area contributed by atoms with Crippen molar-refractivity contribution in [2.24, 2.45) is 0 Å². The van der Waals surface area contributed by atoms with Crippen LogP contribution in [0, 0.1) is 6.92 Å². The molecule has 0 aromatic heterocycles. The predicted molar refractivity (Wildman–Crippen MR) is 121 cm³/mol. The number of anilines is 3. The summed E-state index contributed by atoms with van der Waals surface area (Å²) in [6, 6.07) is 20.8. The van der Waals surface area contributed by atoms with Gasteiger partial charge in [-0.3, -0.25) is 0 Å². The van der Waals surface area contributed by atoms with Crippen LogP contribution >= 0.6 is 0 Å². The Kier molecular flexibility index (Phi) is 5.86. The third-order valence-electron chi connectivity index (χ3n) is 5.27. The highest BCUT2D eigenvalue weighted by Crippen LogP contribution is 2.31. The Bertz CT molecular complexity index is 1100. The normalized spacial score (nSPS) is 16.8. The van der Waals surface area contributed by atoms with E-state index in [1.165, 1.54) is 0 Å². The van der Waals surface area contributed by atoms with Crippen molar-refractivity contribution in [2.75, 3.05) is 16.0 Å². The molecule has 0 radical (unpaired) electrons. The second kappa shape index (κ2) is 8.89. The van der Waals surface area contributed by atoms with Crippen LogP contribution in [0.1, 0.15) is 22.7 Å². The summed E-state index contributed by atoms with van der Waals surface area (Å²) in [6.45, 7) is 1.86. The zero-order valence-electron chi connectivity index (χ0n) is 17.1. The third kappa shape index (κ3) is 4.84. The number of benzene rings is 3. The van der Waals surface area contributed by atoms with Gasteiger partial charge in [-0.05, 0) is 47.9 Å². The smallest absolute Gasteiger partial charge is 0.323 e. The number of fused-ring (bicyclic) bond motifs is 1. The maximum Gasteiger partial charge on any atom is 0.323 e. The van der Waals surface area contributed by atoms with E-state index >= 15 is 0 Å². The van der Waals surface area contributed by atoms with Gasteiger partial charge in [0.05, 0.1) is 12.1 Å². The molecule has 0 heterocycles. The summed E-state index contributed by atoms with van der Waals surface area (Å²) in [4.78, 5) is 24.9. The minimum Gasteiger partial charge on any atom is -0.390 e. The van der Waals surface area contributed by atoms with Crippen LogP contribution in [0.5, 0.6) is 0 Å². The van der Waals surface area contributed by atoms with Gasteiger partial charge in [-0.25, -0.2) is 9.59 Å². The van der Waals surface area contributed by atoms with E-state index < -0.39 is 18.2 Å². The van der Waals surface area contributed by atoms with Crippen LogP contribution in [0.4, 0.5) is 26.7 Å². The van der Waals surface area contributed by atoms with Gasteiger partial charge in [-0.2, -0.15) is 0 Å². The van der Waals surface area contributed by atoms with E-state index in [0.29, 0.717) is 23.5 Å². The van der Waals surface area contributed by atoms with Crippen molar-refractivity contribution >= 4 is 29.1 Å². The molecule has 31 heavy (non-hydrogen) atoms. The van der Waals surface area contributed by atoms with Crippen molar-refractivity contribution in [3.05, 3.63) is 89.5 Å². The molecule has 3 aromatic rings. The first-order valence-electron chi connectivity index (χ1n) is 10.1. The fourth-order valence-corrected chi connectivity index (χ4v) is 3.70. The quantitative estimate of drug-likeness (QED) is 0.435. The number of aliphatic hydroxyl groups is 1. The molecule has 7 heteroatoms. The molecule has 1 aliphatic carbocycles. The Balaban J connectivity index is 1.40. The van der Waals surface area contributed by atoms with Gasteiger partial charge >= 0.3 is 12.1 Å². The lowest BCUT2D eigenvalue weighted by Gasteiger charge is -2.19. The molecular weight excluding hydrogens is 392 g/mol. The zero-order valence-corrected chi connectivity index (χ0v) is 17.1. The maximum atomic E-state index is 12.6. The number of hydrogen-bond acceptors (Lipinski definition) is 3. The average Bonchev–Trinajstić information content (AvgIpc) is 3.06. The molecule has 4 rings (SSSR count). The molecule has 0 saturated carbocycles. The second-order valence-electron chi connectivity index (χ2n) is 7.52. The van der Waals surface area contributed by atoms with Crippen molar-refractivity contribution in [3.63, 3.8) is 0 Å². The summed E-state index contributed by atoms with van der Waals surface area (Å²) in [5.41, 5.74) is 4.59. The first-order valence-corrected chi connectivity index (χ1v) is 10.1. The Morgan fingerprint density at radius 3 is 2.35 bits per heavy atom. The number of aliphatic hydroxyl groups excluding tert-OH is 1. The zero-order chi connectivity index (χ0) is 21.8. The molecule has 3 aromatic carbocycles. The number of carbonyl (C=O) groups excluding carboxylic acids is 2. The molecule has 5 N–H and O–H groups in total. The summed E-state index contributed by atoms with van der Waals surface area (Å²) in [5, 5.41) is 21.5. The lowest BCUT2D eigenvalue weighted by atomic mass is 10.1. The molecule has 0 aliphatic heterocycles. The Hall–Kier alpha value is -3.84. The maximum absolute atomic E-state index is 12.6. The van der Waals surface area contributed by atoms with Crippen LogP contribution in [-0.2, 0) is 6.42 Å². The van der Waals surface area contributed by atoms with Gasteiger partial charge in [0.25, 0.3) is 0 Å². The number of amides is 4. The minimum atomic E-state index is -0.668. The van der Waals surface area contributed by atoms with Crippen molar-refractivity contribution in [2.45, 2.75) is 25.5 Å². The molecule has 0 spiro atoms. The number of nitrogens with one attached hydrogen (secondary N) is 4. The molecule has 0 saturated heterocycles. The predicted octanol–water partition coefficient (Wildman–Crippen LogP) is 4.42. The Labute approximate surface area is 180 Å². The molecule has 158 valence electrons. The van der Waals surface area contributed by atoms with Crippen LogP contribution in [0.3, 0.4) is 0 Å².